The van der Waals surface area contributed by atoms with Crippen LogP contribution in [0, 0.1) is 24.1 Å². The van der Waals surface area contributed by atoms with Gasteiger partial charge < -0.3 is 24.5 Å². The molecule has 5 heterocycles. The van der Waals surface area contributed by atoms with Crippen molar-refractivity contribution in [3.05, 3.63) is 46.7 Å². The minimum atomic E-state index is -0.338. The summed E-state index contributed by atoms with van der Waals surface area (Å²) in [5.41, 5.74) is 3.77. The molecule has 2 fully saturated rings. The van der Waals surface area contributed by atoms with Gasteiger partial charge in [-0.25, -0.2) is 23.8 Å². The van der Waals surface area contributed by atoms with E-state index in [4.69, 9.17) is 15.1 Å². The van der Waals surface area contributed by atoms with Crippen molar-refractivity contribution in [2.24, 2.45) is 0 Å². The molecule has 11 nitrogen and oxygen atoms in total. The van der Waals surface area contributed by atoms with Crippen LogP contribution in [0.5, 0.6) is 0 Å². The van der Waals surface area contributed by atoms with E-state index in [0.29, 0.717) is 46.5 Å². The molecule has 13 heteroatoms. The van der Waals surface area contributed by atoms with Gasteiger partial charge in [0.25, 0.3) is 0 Å². The molecule has 0 N–H and O–H groups in total. The molecule has 2 aliphatic heterocycles. The first-order valence-corrected chi connectivity index (χ1v) is 15.3. The molecular formula is C30H35FN10OS. The fraction of sp³-hybridized carbons (Fsp3) is 0.433. The number of carbonyl (C=O) groups excluding carboxylic acids is 1. The van der Waals surface area contributed by atoms with Gasteiger partial charge in [0, 0.05) is 71.5 Å². The Labute approximate surface area is 254 Å². The number of urea groups is 1. The normalized spacial score (nSPS) is 16.1. The van der Waals surface area contributed by atoms with Crippen molar-refractivity contribution in [2.45, 2.75) is 20.4 Å². The molecule has 0 atom stereocenters. The van der Waals surface area contributed by atoms with Crippen molar-refractivity contribution in [3.8, 4) is 17.3 Å². The fourth-order valence-electron chi connectivity index (χ4n) is 5.78. The van der Waals surface area contributed by atoms with Gasteiger partial charge in [-0.15, -0.1) is 0 Å². The minimum Gasteiger partial charge on any atom is -0.366 e. The van der Waals surface area contributed by atoms with Crippen LogP contribution in [0.1, 0.15) is 17.5 Å². The molecule has 2 aliphatic rings. The average molecular weight is 603 g/mol. The number of anilines is 3. The lowest BCUT2D eigenvalue weighted by molar-refractivity contribution is 0.120. The van der Waals surface area contributed by atoms with Crippen LogP contribution in [0.15, 0.2) is 30.3 Å². The van der Waals surface area contributed by atoms with Crippen LogP contribution in [0.25, 0.3) is 22.3 Å². The molecule has 0 bridgehead atoms. The number of nitrogens with zero attached hydrogens (tertiary/aromatic N) is 10. The molecule has 2 saturated heterocycles. The number of rotatable bonds is 5. The lowest BCUT2D eigenvalue weighted by Gasteiger charge is -2.40. The molecule has 1 aromatic carbocycles. The second-order valence-corrected chi connectivity index (χ2v) is 12.0. The lowest BCUT2D eigenvalue weighted by atomic mass is 10.1. The molecule has 0 saturated carbocycles. The van der Waals surface area contributed by atoms with Crippen molar-refractivity contribution in [2.75, 3.05) is 76.3 Å². The molecule has 0 spiro atoms. The standard InChI is InChI=1S/C30H35FN10OS/c1-5-41-28(37(4)29-34-26(25(19-32)43-29)21-6-8-22(31)9-7-21)23-18-24(20(2)33-27(23)35-41)38-14-16-40(17-15-38)30(42)39-12-10-36(3)11-13-39/h6-9,18H,5,10-17H2,1-4H3. The summed E-state index contributed by atoms with van der Waals surface area (Å²) in [5.74, 6) is 0.494. The molecular weight excluding hydrogens is 567 g/mol. The number of aryl methyl sites for hydroxylation is 2. The highest BCUT2D eigenvalue weighted by Crippen LogP contribution is 2.39. The van der Waals surface area contributed by atoms with E-state index in [-0.39, 0.29) is 11.8 Å². The Kier molecular flexibility index (Phi) is 7.89. The number of fused-ring (bicyclic) bond motifs is 1. The number of nitriles is 1. The van der Waals surface area contributed by atoms with Crippen molar-refractivity contribution < 1.29 is 9.18 Å². The highest BCUT2D eigenvalue weighted by Gasteiger charge is 2.29. The zero-order valence-corrected chi connectivity index (χ0v) is 25.7. The van der Waals surface area contributed by atoms with Crippen LogP contribution in [0.4, 0.5) is 25.8 Å². The van der Waals surface area contributed by atoms with E-state index in [0.717, 1.165) is 61.9 Å². The van der Waals surface area contributed by atoms with Gasteiger partial charge in [-0.2, -0.15) is 10.4 Å². The molecule has 2 amide bonds. The third-order valence-corrected chi connectivity index (χ3v) is 9.31. The summed E-state index contributed by atoms with van der Waals surface area (Å²) in [5, 5.41) is 16.2. The van der Waals surface area contributed by atoms with Gasteiger partial charge in [-0.05, 0) is 51.2 Å². The van der Waals surface area contributed by atoms with E-state index in [1.807, 2.05) is 40.3 Å². The van der Waals surface area contributed by atoms with Crippen molar-refractivity contribution >= 4 is 45.0 Å². The van der Waals surface area contributed by atoms with E-state index < -0.39 is 0 Å². The Morgan fingerprint density at radius 3 is 2.33 bits per heavy atom. The minimum absolute atomic E-state index is 0.131. The second-order valence-electron chi connectivity index (χ2n) is 11.0. The number of benzene rings is 1. The Morgan fingerprint density at radius 1 is 1.05 bits per heavy atom. The Hall–Kier alpha value is -4.28. The Bertz CT molecular complexity index is 1680. The van der Waals surface area contributed by atoms with Crippen LogP contribution in [0.3, 0.4) is 0 Å². The molecule has 224 valence electrons. The summed E-state index contributed by atoms with van der Waals surface area (Å²) in [6.45, 7) is 10.8. The highest BCUT2D eigenvalue weighted by atomic mass is 32.1. The topological polar surface area (TPSA) is 101 Å². The maximum atomic E-state index is 13.5. The van der Waals surface area contributed by atoms with Crippen molar-refractivity contribution in [3.63, 3.8) is 0 Å². The Balaban J connectivity index is 1.27. The SMILES string of the molecule is CCn1nc2nc(C)c(N3CCN(C(=O)N4CCN(C)CC4)CC3)cc2c1N(C)c1nc(-c2ccc(F)cc2)c(C#N)s1. The number of thiazole rings is 1. The summed E-state index contributed by atoms with van der Waals surface area (Å²) in [6.07, 6.45) is 0. The predicted molar refractivity (Wildman–Crippen MR) is 166 cm³/mol. The van der Waals surface area contributed by atoms with Gasteiger partial charge in [0.2, 0.25) is 0 Å². The van der Waals surface area contributed by atoms with Crippen LogP contribution in [0.2, 0.25) is 0 Å². The number of likely N-dealkylation sites (N-methyl/N-ethyl adjacent to an activating group) is 1. The molecule has 4 aromatic rings. The van der Waals surface area contributed by atoms with E-state index >= 15 is 0 Å². The van der Waals surface area contributed by atoms with Crippen LogP contribution in [-0.4, -0.2) is 107 Å². The monoisotopic (exact) mass is 602 g/mol. The van der Waals surface area contributed by atoms with Crippen LogP contribution >= 0.6 is 11.3 Å². The lowest BCUT2D eigenvalue weighted by Crippen LogP contribution is -2.56. The number of pyridine rings is 1. The maximum absolute atomic E-state index is 13.5. The van der Waals surface area contributed by atoms with E-state index in [1.165, 1.54) is 23.5 Å². The van der Waals surface area contributed by atoms with Gasteiger partial charge in [0.15, 0.2) is 10.8 Å². The summed E-state index contributed by atoms with van der Waals surface area (Å²) in [6, 6.07) is 10.5. The summed E-state index contributed by atoms with van der Waals surface area (Å²) >= 11 is 1.29. The number of hydrogen-bond donors (Lipinski definition) is 0. The fourth-order valence-corrected chi connectivity index (χ4v) is 6.63. The number of aromatic nitrogens is 4. The van der Waals surface area contributed by atoms with Gasteiger partial charge in [-0.1, -0.05) is 11.3 Å². The maximum Gasteiger partial charge on any atom is 0.320 e. The zero-order chi connectivity index (χ0) is 30.2. The molecule has 0 aliphatic carbocycles. The number of halogens is 1. The zero-order valence-electron chi connectivity index (χ0n) is 24.9. The molecule has 6 rings (SSSR count). The largest absolute Gasteiger partial charge is 0.366 e. The van der Waals surface area contributed by atoms with E-state index in [9.17, 15) is 14.4 Å². The quantitative estimate of drug-likeness (QED) is 0.336. The van der Waals surface area contributed by atoms with Crippen LogP contribution < -0.4 is 9.80 Å². The number of carbonyl (C=O) groups is 1. The highest BCUT2D eigenvalue weighted by molar-refractivity contribution is 7.16. The predicted octanol–water partition coefficient (Wildman–Crippen LogP) is 4.15. The smallest absolute Gasteiger partial charge is 0.320 e. The second kappa shape index (κ2) is 11.8. The summed E-state index contributed by atoms with van der Waals surface area (Å²) in [4.78, 5) is 33.7. The third-order valence-electron chi connectivity index (χ3n) is 8.27. The molecule has 43 heavy (non-hydrogen) atoms. The number of piperazine rings is 2. The van der Waals surface area contributed by atoms with Gasteiger partial charge in [-0.3, -0.25) is 0 Å². The molecule has 0 unspecified atom stereocenters. The first-order chi connectivity index (χ1) is 20.8. The van der Waals surface area contributed by atoms with Crippen LogP contribution in [-0.2, 0) is 6.54 Å². The van der Waals surface area contributed by atoms with Crippen molar-refractivity contribution in [1.29, 1.82) is 5.26 Å². The number of amides is 2. The van der Waals surface area contributed by atoms with E-state index in [2.05, 4.69) is 29.0 Å². The number of hydrogen-bond acceptors (Lipinski definition) is 9. The van der Waals surface area contributed by atoms with Gasteiger partial charge >= 0.3 is 6.03 Å². The van der Waals surface area contributed by atoms with Gasteiger partial charge in [0.1, 0.15) is 28.3 Å². The summed E-state index contributed by atoms with van der Waals surface area (Å²) < 4.78 is 15.4. The molecule has 3 aromatic heterocycles. The first kappa shape index (κ1) is 28.8. The average Bonchev–Trinajstić information content (AvgIpc) is 3.62. The molecule has 0 radical (unpaired) electrons. The van der Waals surface area contributed by atoms with E-state index in [1.54, 1.807) is 12.1 Å². The van der Waals surface area contributed by atoms with Gasteiger partial charge in [0.05, 0.1) is 16.8 Å². The van der Waals surface area contributed by atoms with Crippen molar-refractivity contribution in [1.82, 2.24) is 34.4 Å². The Morgan fingerprint density at radius 2 is 1.70 bits per heavy atom. The third kappa shape index (κ3) is 5.48. The summed E-state index contributed by atoms with van der Waals surface area (Å²) in [7, 11) is 4.01. The first-order valence-electron chi connectivity index (χ1n) is 14.5.